The number of aryl methyl sites for hydroxylation is 1. The molecule has 90 valence electrons. The van der Waals surface area contributed by atoms with Crippen molar-refractivity contribution in [3.05, 3.63) is 47.5 Å². The molecule has 1 N–H and O–H groups in total. The molecule has 1 fully saturated rings. The van der Waals surface area contributed by atoms with E-state index >= 15 is 0 Å². The fraction of sp³-hybridized carbons (Fsp3) is 0.500. The van der Waals surface area contributed by atoms with Crippen molar-refractivity contribution in [1.82, 2.24) is 5.32 Å². The standard InChI is InChI=1S/C16H21N/c1-12-2-4-13(5-3-12)10-17-11-16-9-14-6-7-15(16)8-14/h2-7,14-17H,8-11H2,1H3/t14-,15+,16-/m1/s1. The van der Waals surface area contributed by atoms with Gasteiger partial charge < -0.3 is 5.32 Å². The molecule has 1 nitrogen and oxygen atoms in total. The van der Waals surface area contributed by atoms with E-state index in [0.717, 1.165) is 24.3 Å². The van der Waals surface area contributed by atoms with Crippen LogP contribution in [0.5, 0.6) is 0 Å². The van der Waals surface area contributed by atoms with Crippen LogP contribution in [-0.2, 0) is 6.54 Å². The van der Waals surface area contributed by atoms with E-state index in [0.29, 0.717) is 0 Å². The van der Waals surface area contributed by atoms with Crippen LogP contribution in [0.1, 0.15) is 24.0 Å². The van der Waals surface area contributed by atoms with Gasteiger partial charge in [-0.05, 0) is 49.6 Å². The molecule has 0 radical (unpaired) electrons. The van der Waals surface area contributed by atoms with Crippen LogP contribution in [0.25, 0.3) is 0 Å². The third kappa shape index (κ3) is 2.44. The summed E-state index contributed by atoms with van der Waals surface area (Å²) in [5.74, 6) is 2.65. The van der Waals surface area contributed by atoms with E-state index in [-0.39, 0.29) is 0 Å². The molecule has 3 rings (SSSR count). The van der Waals surface area contributed by atoms with Crippen molar-refractivity contribution >= 4 is 0 Å². The van der Waals surface area contributed by atoms with Gasteiger partial charge in [0, 0.05) is 6.54 Å². The molecule has 0 aromatic heterocycles. The van der Waals surface area contributed by atoms with Crippen LogP contribution in [-0.4, -0.2) is 6.54 Å². The number of fused-ring (bicyclic) bond motifs is 2. The summed E-state index contributed by atoms with van der Waals surface area (Å²) in [4.78, 5) is 0. The SMILES string of the molecule is Cc1ccc(CNC[C@H]2C[C@@H]3C=C[C@H]2C3)cc1. The van der Waals surface area contributed by atoms with Gasteiger partial charge in [0.15, 0.2) is 0 Å². The molecule has 1 heteroatoms. The molecule has 0 amide bonds. The maximum atomic E-state index is 3.61. The van der Waals surface area contributed by atoms with Gasteiger partial charge in [-0.2, -0.15) is 0 Å². The minimum absolute atomic E-state index is 0.866. The summed E-state index contributed by atoms with van der Waals surface area (Å²) < 4.78 is 0. The Balaban J connectivity index is 1.46. The van der Waals surface area contributed by atoms with Crippen LogP contribution in [0.3, 0.4) is 0 Å². The third-order valence-electron chi connectivity index (χ3n) is 4.27. The summed E-state index contributed by atoms with van der Waals surface area (Å²) in [7, 11) is 0. The Kier molecular flexibility index (Phi) is 3.02. The van der Waals surface area contributed by atoms with E-state index < -0.39 is 0 Å². The van der Waals surface area contributed by atoms with Crippen molar-refractivity contribution in [1.29, 1.82) is 0 Å². The van der Waals surface area contributed by atoms with Gasteiger partial charge in [0.2, 0.25) is 0 Å². The molecule has 2 bridgehead atoms. The number of rotatable bonds is 4. The molecule has 1 aromatic rings. The molecule has 0 spiro atoms. The van der Waals surface area contributed by atoms with E-state index in [1.807, 2.05) is 0 Å². The van der Waals surface area contributed by atoms with E-state index in [9.17, 15) is 0 Å². The Morgan fingerprint density at radius 2 is 1.94 bits per heavy atom. The highest BCUT2D eigenvalue weighted by Crippen LogP contribution is 2.42. The van der Waals surface area contributed by atoms with Crippen molar-refractivity contribution in [3.8, 4) is 0 Å². The van der Waals surface area contributed by atoms with Crippen molar-refractivity contribution in [3.63, 3.8) is 0 Å². The highest BCUT2D eigenvalue weighted by atomic mass is 14.9. The van der Waals surface area contributed by atoms with Crippen molar-refractivity contribution < 1.29 is 0 Å². The second-order valence-electron chi connectivity index (χ2n) is 5.66. The molecule has 2 aliphatic carbocycles. The molecule has 3 atom stereocenters. The molecule has 2 aliphatic rings. The molecule has 1 saturated carbocycles. The van der Waals surface area contributed by atoms with E-state index in [1.165, 1.54) is 30.5 Å². The molecule has 17 heavy (non-hydrogen) atoms. The quantitative estimate of drug-likeness (QED) is 0.778. The maximum Gasteiger partial charge on any atom is 0.0205 e. The lowest BCUT2D eigenvalue weighted by Gasteiger charge is -2.18. The molecule has 0 heterocycles. The monoisotopic (exact) mass is 227 g/mol. The lowest BCUT2D eigenvalue weighted by Crippen LogP contribution is -2.25. The number of nitrogens with one attached hydrogen (secondary N) is 1. The third-order valence-corrected chi connectivity index (χ3v) is 4.27. The van der Waals surface area contributed by atoms with Gasteiger partial charge in [-0.3, -0.25) is 0 Å². The van der Waals surface area contributed by atoms with Gasteiger partial charge >= 0.3 is 0 Å². The van der Waals surface area contributed by atoms with Crippen LogP contribution in [0, 0.1) is 24.7 Å². The predicted octanol–water partition coefficient (Wildman–Crippen LogP) is 3.30. The van der Waals surface area contributed by atoms with E-state index in [4.69, 9.17) is 0 Å². The van der Waals surface area contributed by atoms with Gasteiger partial charge in [0.25, 0.3) is 0 Å². The summed E-state index contributed by atoms with van der Waals surface area (Å²) in [6.07, 6.45) is 7.67. The van der Waals surface area contributed by atoms with Gasteiger partial charge in [-0.25, -0.2) is 0 Å². The van der Waals surface area contributed by atoms with E-state index in [2.05, 4.69) is 48.7 Å². The first-order chi connectivity index (χ1) is 8.31. The first kappa shape index (κ1) is 11.0. The van der Waals surface area contributed by atoms with Crippen molar-refractivity contribution in [2.75, 3.05) is 6.54 Å². The van der Waals surface area contributed by atoms with Crippen LogP contribution in [0.15, 0.2) is 36.4 Å². The average Bonchev–Trinajstić information content (AvgIpc) is 2.94. The van der Waals surface area contributed by atoms with Crippen LogP contribution < -0.4 is 5.32 Å². The average molecular weight is 227 g/mol. The number of benzene rings is 1. The van der Waals surface area contributed by atoms with Crippen molar-refractivity contribution in [2.24, 2.45) is 17.8 Å². The maximum absolute atomic E-state index is 3.61. The minimum Gasteiger partial charge on any atom is -0.312 e. The molecule has 0 saturated heterocycles. The minimum atomic E-state index is 0.866. The lowest BCUT2D eigenvalue weighted by atomic mass is 9.93. The summed E-state index contributed by atoms with van der Waals surface area (Å²) >= 11 is 0. The molecule has 0 unspecified atom stereocenters. The topological polar surface area (TPSA) is 12.0 Å². The van der Waals surface area contributed by atoms with Gasteiger partial charge in [-0.1, -0.05) is 42.0 Å². The van der Waals surface area contributed by atoms with E-state index in [1.54, 1.807) is 0 Å². The zero-order chi connectivity index (χ0) is 11.7. The first-order valence-corrected chi connectivity index (χ1v) is 6.76. The summed E-state index contributed by atoms with van der Waals surface area (Å²) in [6.45, 7) is 4.33. The predicted molar refractivity (Wildman–Crippen MR) is 71.7 cm³/mol. The summed E-state index contributed by atoms with van der Waals surface area (Å²) in [5, 5.41) is 3.61. The molecule has 0 aliphatic heterocycles. The zero-order valence-electron chi connectivity index (χ0n) is 10.5. The number of allylic oxidation sites excluding steroid dienone is 2. The first-order valence-electron chi connectivity index (χ1n) is 6.76. The fourth-order valence-corrected chi connectivity index (χ4v) is 3.24. The lowest BCUT2D eigenvalue weighted by molar-refractivity contribution is 0.414. The fourth-order valence-electron chi connectivity index (χ4n) is 3.24. The molecule has 1 aromatic carbocycles. The zero-order valence-corrected chi connectivity index (χ0v) is 10.5. The molecular weight excluding hydrogens is 206 g/mol. The van der Waals surface area contributed by atoms with Crippen LogP contribution in [0.2, 0.25) is 0 Å². The summed E-state index contributed by atoms with van der Waals surface area (Å²) in [6, 6.07) is 8.83. The smallest absolute Gasteiger partial charge is 0.0205 e. The Hall–Kier alpha value is -1.08. The van der Waals surface area contributed by atoms with Crippen LogP contribution in [0.4, 0.5) is 0 Å². The Morgan fingerprint density at radius 1 is 1.12 bits per heavy atom. The van der Waals surface area contributed by atoms with Gasteiger partial charge in [0.05, 0.1) is 0 Å². The number of hydrogen-bond acceptors (Lipinski definition) is 1. The van der Waals surface area contributed by atoms with Crippen molar-refractivity contribution in [2.45, 2.75) is 26.3 Å². The second kappa shape index (κ2) is 4.66. The normalized spacial score (nSPS) is 30.1. The Labute approximate surface area is 104 Å². The Morgan fingerprint density at radius 3 is 2.59 bits per heavy atom. The largest absolute Gasteiger partial charge is 0.312 e. The highest BCUT2D eigenvalue weighted by Gasteiger charge is 2.34. The second-order valence-corrected chi connectivity index (χ2v) is 5.66. The van der Waals surface area contributed by atoms with Crippen LogP contribution >= 0.6 is 0 Å². The van der Waals surface area contributed by atoms with Gasteiger partial charge in [-0.15, -0.1) is 0 Å². The summed E-state index contributed by atoms with van der Waals surface area (Å²) in [5.41, 5.74) is 2.74. The van der Waals surface area contributed by atoms with Gasteiger partial charge in [0.1, 0.15) is 0 Å². The molecular formula is C16H21N. The highest BCUT2D eigenvalue weighted by molar-refractivity contribution is 5.21. The number of hydrogen-bond donors (Lipinski definition) is 1. The Bertz CT molecular complexity index is 404.